The number of nitrogens with one attached hydrogen (secondary N) is 3. The van der Waals surface area contributed by atoms with Gasteiger partial charge in [-0.05, 0) is 40.5 Å². The Hall–Kier alpha value is -0.210. The van der Waals surface area contributed by atoms with E-state index in [1.54, 1.807) is 4.31 Å². The first-order valence-corrected chi connectivity index (χ1v) is 8.81. The molecule has 20 heavy (non-hydrogen) atoms. The minimum atomic E-state index is -3.37. The molecule has 0 saturated carbocycles. The quantitative estimate of drug-likeness (QED) is 0.688. The van der Waals surface area contributed by atoms with Gasteiger partial charge in [0, 0.05) is 43.3 Å². The maximum Gasteiger partial charge on any atom is 0.279 e. The summed E-state index contributed by atoms with van der Waals surface area (Å²) in [7, 11) is -3.37. The van der Waals surface area contributed by atoms with Gasteiger partial charge in [-0.3, -0.25) is 0 Å². The lowest BCUT2D eigenvalue weighted by molar-refractivity contribution is 0.155. The van der Waals surface area contributed by atoms with E-state index in [1.165, 1.54) is 0 Å². The first kappa shape index (κ1) is 16.2. The Balaban J connectivity index is 2.04. The molecule has 118 valence electrons. The third-order valence-electron chi connectivity index (χ3n) is 3.92. The molecule has 2 saturated heterocycles. The lowest BCUT2D eigenvalue weighted by Gasteiger charge is -2.46. The van der Waals surface area contributed by atoms with Crippen molar-refractivity contribution < 1.29 is 8.42 Å². The highest BCUT2D eigenvalue weighted by atomic mass is 32.2. The molecule has 0 amide bonds. The predicted molar refractivity (Wildman–Crippen MR) is 80.8 cm³/mol. The van der Waals surface area contributed by atoms with E-state index >= 15 is 0 Å². The van der Waals surface area contributed by atoms with Crippen LogP contribution in [0.3, 0.4) is 0 Å². The minimum Gasteiger partial charge on any atom is -0.314 e. The average molecular weight is 304 g/mol. The van der Waals surface area contributed by atoms with E-state index in [2.05, 4.69) is 43.1 Å². The first-order chi connectivity index (χ1) is 9.10. The van der Waals surface area contributed by atoms with Crippen molar-refractivity contribution in [2.75, 3.05) is 26.2 Å². The van der Waals surface area contributed by atoms with E-state index in [4.69, 9.17) is 0 Å². The topological polar surface area (TPSA) is 73.5 Å². The van der Waals surface area contributed by atoms with Gasteiger partial charge in [-0.15, -0.1) is 0 Å². The molecule has 0 aliphatic carbocycles. The van der Waals surface area contributed by atoms with E-state index < -0.39 is 10.2 Å². The van der Waals surface area contributed by atoms with E-state index in [9.17, 15) is 8.42 Å². The molecule has 0 aromatic carbocycles. The van der Waals surface area contributed by atoms with E-state index in [0.29, 0.717) is 13.1 Å². The number of hydrogen-bond acceptors (Lipinski definition) is 4. The zero-order chi connectivity index (χ0) is 15.0. The van der Waals surface area contributed by atoms with Crippen molar-refractivity contribution in [1.82, 2.24) is 19.7 Å². The van der Waals surface area contributed by atoms with Gasteiger partial charge in [0.2, 0.25) is 0 Å². The first-order valence-electron chi connectivity index (χ1n) is 7.37. The monoisotopic (exact) mass is 304 g/mol. The van der Waals surface area contributed by atoms with Gasteiger partial charge in [0.15, 0.2) is 0 Å². The Morgan fingerprint density at radius 1 is 1.05 bits per heavy atom. The van der Waals surface area contributed by atoms with Gasteiger partial charge in [-0.2, -0.15) is 17.4 Å². The molecule has 0 radical (unpaired) electrons. The molecule has 0 aromatic rings. The fraction of sp³-hybridized carbons (Fsp3) is 1.00. The van der Waals surface area contributed by atoms with Crippen LogP contribution >= 0.6 is 0 Å². The second-order valence-electron chi connectivity index (χ2n) is 7.27. The lowest BCUT2D eigenvalue weighted by atomic mass is 9.80. The van der Waals surface area contributed by atoms with Crippen molar-refractivity contribution in [2.45, 2.75) is 57.7 Å². The van der Waals surface area contributed by atoms with Crippen LogP contribution in [0, 0.1) is 0 Å². The maximum absolute atomic E-state index is 12.4. The van der Waals surface area contributed by atoms with Crippen LogP contribution in [0.15, 0.2) is 0 Å². The summed E-state index contributed by atoms with van der Waals surface area (Å²) in [6, 6.07) is -0.0128. The second-order valence-corrected chi connectivity index (χ2v) is 8.97. The molecular weight excluding hydrogens is 276 g/mol. The largest absolute Gasteiger partial charge is 0.314 e. The van der Waals surface area contributed by atoms with Crippen LogP contribution in [0.2, 0.25) is 0 Å². The van der Waals surface area contributed by atoms with Gasteiger partial charge in [0.25, 0.3) is 10.2 Å². The normalized spacial score (nSPS) is 28.4. The van der Waals surface area contributed by atoms with Crippen LogP contribution in [-0.4, -0.2) is 56.0 Å². The molecule has 2 fully saturated rings. The molecule has 0 aromatic heterocycles. The molecule has 0 unspecified atom stereocenters. The Morgan fingerprint density at radius 2 is 1.55 bits per heavy atom. The van der Waals surface area contributed by atoms with Gasteiger partial charge in [0.05, 0.1) is 0 Å². The third-order valence-corrected chi connectivity index (χ3v) is 5.60. The Labute approximate surface area is 122 Å². The molecule has 0 atom stereocenters. The molecule has 0 bridgehead atoms. The molecule has 6 nitrogen and oxygen atoms in total. The van der Waals surface area contributed by atoms with Crippen molar-refractivity contribution in [3.05, 3.63) is 0 Å². The molecule has 3 N–H and O–H groups in total. The van der Waals surface area contributed by atoms with Crippen LogP contribution in [0.5, 0.6) is 0 Å². The molecule has 0 spiro atoms. The van der Waals surface area contributed by atoms with Crippen LogP contribution in [0.1, 0.15) is 40.5 Å². The SMILES string of the molecule is CC1(C)CC(NS(=O)(=O)N2CCNCC2)CC(C)(C)N1. The van der Waals surface area contributed by atoms with Gasteiger partial charge >= 0.3 is 0 Å². The summed E-state index contributed by atoms with van der Waals surface area (Å²) in [5, 5.41) is 6.74. The number of nitrogens with zero attached hydrogens (tertiary/aromatic N) is 1. The van der Waals surface area contributed by atoms with Crippen molar-refractivity contribution in [2.24, 2.45) is 0 Å². The Kier molecular flexibility index (Phi) is 4.47. The average Bonchev–Trinajstić information content (AvgIpc) is 2.25. The van der Waals surface area contributed by atoms with Gasteiger partial charge in [-0.25, -0.2) is 0 Å². The number of rotatable bonds is 3. The van der Waals surface area contributed by atoms with Crippen LogP contribution in [0.4, 0.5) is 0 Å². The Morgan fingerprint density at radius 3 is 2.05 bits per heavy atom. The fourth-order valence-corrected chi connectivity index (χ4v) is 4.98. The molecule has 2 rings (SSSR count). The number of piperidine rings is 1. The predicted octanol–water partition coefficient (Wildman–Crippen LogP) is 0.0352. The van der Waals surface area contributed by atoms with E-state index in [1.807, 2.05) is 0 Å². The van der Waals surface area contributed by atoms with E-state index in [-0.39, 0.29) is 17.1 Å². The second kappa shape index (κ2) is 5.53. The van der Waals surface area contributed by atoms with Crippen molar-refractivity contribution in [1.29, 1.82) is 0 Å². The van der Waals surface area contributed by atoms with Crippen LogP contribution in [0.25, 0.3) is 0 Å². The molecule has 7 heteroatoms. The van der Waals surface area contributed by atoms with Crippen LogP contribution in [-0.2, 0) is 10.2 Å². The summed E-state index contributed by atoms with van der Waals surface area (Å²) in [5.74, 6) is 0. The highest BCUT2D eigenvalue weighted by Gasteiger charge is 2.39. The fourth-order valence-electron chi connectivity index (χ4n) is 3.58. The zero-order valence-corrected chi connectivity index (χ0v) is 13.8. The minimum absolute atomic E-state index is 0.0128. The molecule has 2 heterocycles. The summed E-state index contributed by atoms with van der Waals surface area (Å²) in [5.41, 5.74) is -0.114. The maximum atomic E-state index is 12.4. The van der Waals surface area contributed by atoms with Gasteiger partial charge in [-0.1, -0.05) is 0 Å². The van der Waals surface area contributed by atoms with E-state index in [0.717, 1.165) is 25.9 Å². The molecular formula is C13H28N4O2S. The number of hydrogen-bond donors (Lipinski definition) is 3. The van der Waals surface area contributed by atoms with Crippen molar-refractivity contribution in [3.63, 3.8) is 0 Å². The standard InChI is InChI=1S/C13H28N4O2S/c1-12(2)9-11(10-13(3,4)16-12)15-20(18,19)17-7-5-14-6-8-17/h11,14-16H,5-10H2,1-4H3. The Bertz CT molecular complexity index is 425. The molecule has 2 aliphatic heterocycles. The number of piperazine rings is 1. The lowest BCUT2D eigenvalue weighted by Crippen LogP contribution is -2.63. The smallest absolute Gasteiger partial charge is 0.279 e. The highest BCUT2D eigenvalue weighted by molar-refractivity contribution is 7.87. The summed E-state index contributed by atoms with van der Waals surface area (Å²) in [4.78, 5) is 0. The summed E-state index contributed by atoms with van der Waals surface area (Å²) in [6.45, 7) is 11.1. The van der Waals surface area contributed by atoms with Crippen LogP contribution < -0.4 is 15.4 Å². The van der Waals surface area contributed by atoms with Crippen molar-refractivity contribution in [3.8, 4) is 0 Å². The van der Waals surface area contributed by atoms with Gasteiger partial charge in [0.1, 0.15) is 0 Å². The zero-order valence-electron chi connectivity index (χ0n) is 13.0. The summed E-state index contributed by atoms with van der Waals surface area (Å²) in [6.07, 6.45) is 1.61. The summed E-state index contributed by atoms with van der Waals surface area (Å²) >= 11 is 0. The molecule has 2 aliphatic rings. The highest BCUT2D eigenvalue weighted by Crippen LogP contribution is 2.29. The van der Waals surface area contributed by atoms with Crippen molar-refractivity contribution >= 4 is 10.2 Å². The summed E-state index contributed by atoms with van der Waals surface area (Å²) < 4.78 is 29.3. The van der Waals surface area contributed by atoms with Gasteiger partial charge < -0.3 is 10.6 Å². The third kappa shape index (κ3) is 4.14.